The lowest BCUT2D eigenvalue weighted by atomic mass is 10.1. The number of imidazole rings is 1. The number of aromatic nitrogens is 2. The molecule has 0 fully saturated rings. The number of halogens is 1. The van der Waals surface area contributed by atoms with E-state index in [4.69, 9.17) is 21.3 Å². The van der Waals surface area contributed by atoms with E-state index in [9.17, 15) is 0 Å². The maximum Gasteiger partial charge on any atom is 0.141 e. The molecule has 0 radical (unpaired) electrons. The molecule has 1 aromatic heterocycles. The van der Waals surface area contributed by atoms with Crippen LogP contribution in [-0.2, 0) is 6.54 Å². The van der Waals surface area contributed by atoms with Crippen LogP contribution in [0.1, 0.15) is 5.56 Å². The second kappa shape index (κ2) is 7.22. The lowest BCUT2D eigenvalue weighted by Gasteiger charge is -2.11. The average Bonchev–Trinajstić information content (AvgIpc) is 3.02. The van der Waals surface area contributed by atoms with Crippen molar-refractivity contribution in [3.05, 3.63) is 83.4 Å². The third-order valence-corrected chi connectivity index (χ3v) is 4.58. The minimum absolute atomic E-state index is 0.556. The summed E-state index contributed by atoms with van der Waals surface area (Å²) in [5, 5.41) is 0.708. The quantitative estimate of drug-likeness (QED) is 0.452. The number of rotatable bonds is 5. The van der Waals surface area contributed by atoms with Crippen molar-refractivity contribution >= 4 is 22.6 Å². The summed E-state index contributed by atoms with van der Waals surface area (Å²) in [4.78, 5) is 4.85. The SMILES string of the molecule is Cc1cccc(-c2nc3ccccc3n2CCOc2ccc(Cl)cc2)c1. The number of fused-ring (bicyclic) bond motifs is 1. The van der Waals surface area contributed by atoms with E-state index in [1.165, 1.54) is 5.56 Å². The standard InChI is InChI=1S/C22H19ClN2O/c1-16-5-4-6-17(15-16)22-24-20-7-2-3-8-21(20)25(22)13-14-26-19-11-9-18(23)10-12-19/h2-12,15H,13-14H2,1H3. The molecule has 0 aliphatic heterocycles. The summed E-state index contributed by atoms with van der Waals surface area (Å²) < 4.78 is 8.11. The van der Waals surface area contributed by atoms with Gasteiger partial charge in [-0.3, -0.25) is 0 Å². The highest BCUT2D eigenvalue weighted by molar-refractivity contribution is 6.30. The van der Waals surface area contributed by atoms with E-state index in [1.807, 2.05) is 42.5 Å². The van der Waals surface area contributed by atoms with Gasteiger partial charge in [0.2, 0.25) is 0 Å². The predicted molar refractivity (Wildman–Crippen MR) is 107 cm³/mol. The summed E-state index contributed by atoms with van der Waals surface area (Å²) in [6.07, 6.45) is 0. The number of ether oxygens (including phenoxy) is 1. The van der Waals surface area contributed by atoms with Crippen LogP contribution >= 0.6 is 11.6 Å². The Morgan fingerprint density at radius 2 is 1.77 bits per heavy atom. The van der Waals surface area contributed by atoms with Gasteiger partial charge in [0.05, 0.1) is 17.6 Å². The topological polar surface area (TPSA) is 27.1 Å². The van der Waals surface area contributed by atoms with Gasteiger partial charge in [-0.2, -0.15) is 0 Å². The van der Waals surface area contributed by atoms with E-state index in [0.717, 1.165) is 28.2 Å². The van der Waals surface area contributed by atoms with Gasteiger partial charge in [0.25, 0.3) is 0 Å². The summed E-state index contributed by atoms with van der Waals surface area (Å²) in [6, 6.07) is 24.1. The fourth-order valence-electron chi connectivity index (χ4n) is 3.09. The lowest BCUT2D eigenvalue weighted by Crippen LogP contribution is -2.09. The van der Waals surface area contributed by atoms with E-state index in [1.54, 1.807) is 0 Å². The fraction of sp³-hybridized carbons (Fsp3) is 0.136. The molecule has 3 nitrogen and oxygen atoms in total. The van der Waals surface area contributed by atoms with Crippen LogP contribution in [0.4, 0.5) is 0 Å². The Bertz CT molecular complexity index is 1040. The van der Waals surface area contributed by atoms with E-state index < -0.39 is 0 Å². The molecule has 0 aliphatic rings. The monoisotopic (exact) mass is 362 g/mol. The summed E-state index contributed by atoms with van der Waals surface area (Å²) in [5.74, 6) is 1.78. The third kappa shape index (κ3) is 3.44. The van der Waals surface area contributed by atoms with Gasteiger partial charge in [0.15, 0.2) is 0 Å². The van der Waals surface area contributed by atoms with Crippen molar-refractivity contribution in [1.82, 2.24) is 9.55 Å². The second-order valence-electron chi connectivity index (χ2n) is 6.25. The first-order valence-electron chi connectivity index (χ1n) is 8.61. The molecule has 0 saturated heterocycles. The Kier molecular flexibility index (Phi) is 4.63. The molecule has 4 heteroatoms. The zero-order chi connectivity index (χ0) is 17.9. The van der Waals surface area contributed by atoms with E-state index >= 15 is 0 Å². The Balaban J connectivity index is 1.64. The summed E-state index contributed by atoms with van der Waals surface area (Å²) >= 11 is 5.93. The molecule has 0 saturated carbocycles. The van der Waals surface area contributed by atoms with Crippen molar-refractivity contribution in [2.75, 3.05) is 6.61 Å². The van der Waals surface area contributed by atoms with Gasteiger partial charge in [0.1, 0.15) is 18.2 Å². The number of hydrogen-bond donors (Lipinski definition) is 0. The second-order valence-corrected chi connectivity index (χ2v) is 6.68. The summed E-state index contributed by atoms with van der Waals surface area (Å²) in [5.41, 5.74) is 4.45. The van der Waals surface area contributed by atoms with Crippen LogP contribution in [0.2, 0.25) is 5.02 Å². The molecule has 0 unspecified atom stereocenters. The van der Waals surface area contributed by atoms with Crippen LogP contribution in [-0.4, -0.2) is 16.2 Å². The molecule has 26 heavy (non-hydrogen) atoms. The Labute approximate surface area is 157 Å². The highest BCUT2D eigenvalue weighted by Gasteiger charge is 2.12. The molecule has 0 amide bonds. The largest absolute Gasteiger partial charge is 0.492 e. The van der Waals surface area contributed by atoms with E-state index in [2.05, 4.69) is 41.8 Å². The molecular formula is C22H19ClN2O. The molecule has 0 bridgehead atoms. The van der Waals surface area contributed by atoms with Crippen molar-refractivity contribution < 1.29 is 4.74 Å². The van der Waals surface area contributed by atoms with Crippen LogP contribution < -0.4 is 4.74 Å². The fourth-order valence-corrected chi connectivity index (χ4v) is 3.22. The first-order chi connectivity index (χ1) is 12.7. The van der Waals surface area contributed by atoms with Crippen molar-refractivity contribution in [3.63, 3.8) is 0 Å². The van der Waals surface area contributed by atoms with Gasteiger partial charge >= 0.3 is 0 Å². The van der Waals surface area contributed by atoms with Gasteiger partial charge < -0.3 is 9.30 Å². The molecule has 0 N–H and O–H groups in total. The molecule has 4 rings (SSSR count). The molecule has 4 aromatic rings. The average molecular weight is 363 g/mol. The number of hydrogen-bond acceptors (Lipinski definition) is 2. The number of aryl methyl sites for hydroxylation is 1. The Morgan fingerprint density at radius 3 is 2.58 bits per heavy atom. The molecular weight excluding hydrogens is 344 g/mol. The first kappa shape index (κ1) is 16.7. The van der Waals surface area contributed by atoms with E-state index in [-0.39, 0.29) is 0 Å². The first-order valence-corrected chi connectivity index (χ1v) is 8.99. The normalized spacial score (nSPS) is 11.0. The highest BCUT2D eigenvalue weighted by Crippen LogP contribution is 2.25. The van der Waals surface area contributed by atoms with Crippen LogP contribution in [0.5, 0.6) is 5.75 Å². The molecule has 0 atom stereocenters. The van der Waals surface area contributed by atoms with Gasteiger partial charge in [-0.05, 0) is 49.4 Å². The molecule has 3 aromatic carbocycles. The zero-order valence-corrected chi connectivity index (χ0v) is 15.3. The number of nitrogens with zero attached hydrogens (tertiary/aromatic N) is 2. The van der Waals surface area contributed by atoms with Crippen molar-refractivity contribution in [3.8, 4) is 17.1 Å². The minimum atomic E-state index is 0.556. The van der Waals surface area contributed by atoms with Crippen molar-refractivity contribution in [2.24, 2.45) is 0 Å². The molecule has 1 heterocycles. The van der Waals surface area contributed by atoms with Crippen LogP contribution in [0.25, 0.3) is 22.4 Å². The number of para-hydroxylation sites is 2. The van der Waals surface area contributed by atoms with Crippen LogP contribution in [0.15, 0.2) is 72.8 Å². The summed E-state index contributed by atoms with van der Waals surface area (Å²) in [7, 11) is 0. The number of benzene rings is 3. The van der Waals surface area contributed by atoms with Gasteiger partial charge in [0, 0.05) is 10.6 Å². The molecule has 0 spiro atoms. The van der Waals surface area contributed by atoms with Crippen LogP contribution in [0, 0.1) is 6.92 Å². The predicted octanol–water partition coefficient (Wildman–Crippen LogP) is 5.74. The van der Waals surface area contributed by atoms with E-state index in [0.29, 0.717) is 18.2 Å². The van der Waals surface area contributed by atoms with Gasteiger partial charge in [-0.1, -0.05) is 47.5 Å². The highest BCUT2D eigenvalue weighted by atomic mass is 35.5. The third-order valence-electron chi connectivity index (χ3n) is 4.33. The smallest absolute Gasteiger partial charge is 0.141 e. The Morgan fingerprint density at radius 1 is 0.962 bits per heavy atom. The van der Waals surface area contributed by atoms with Gasteiger partial charge in [-0.25, -0.2) is 4.98 Å². The summed E-state index contributed by atoms with van der Waals surface area (Å²) in [6.45, 7) is 3.37. The maximum atomic E-state index is 5.93. The minimum Gasteiger partial charge on any atom is -0.492 e. The van der Waals surface area contributed by atoms with Gasteiger partial charge in [-0.15, -0.1) is 0 Å². The lowest BCUT2D eigenvalue weighted by molar-refractivity contribution is 0.301. The zero-order valence-electron chi connectivity index (χ0n) is 14.5. The van der Waals surface area contributed by atoms with Crippen molar-refractivity contribution in [2.45, 2.75) is 13.5 Å². The van der Waals surface area contributed by atoms with Crippen molar-refractivity contribution in [1.29, 1.82) is 0 Å². The van der Waals surface area contributed by atoms with Crippen LogP contribution in [0.3, 0.4) is 0 Å². The molecule has 0 aliphatic carbocycles. The Hall–Kier alpha value is -2.78. The molecule has 130 valence electrons. The maximum absolute atomic E-state index is 5.93.